The molecule has 2 aliphatic heterocycles. The number of rotatable bonds is 6. The van der Waals surface area contributed by atoms with Crippen molar-refractivity contribution in [3.8, 4) is 11.5 Å². The molecule has 4 rings (SSSR count). The third-order valence-electron chi connectivity index (χ3n) is 4.65. The van der Waals surface area contributed by atoms with Gasteiger partial charge in [-0.3, -0.25) is 15.1 Å². The fraction of sp³-hybridized carbons (Fsp3) is 0.174. The first-order valence-electron chi connectivity index (χ1n) is 9.61. The van der Waals surface area contributed by atoms with Crippen LogP contribution in [-0.2, 0) is 4.79 Å². The van der Waals surface area contributed by atoms with Crippen LogP contribution in [0.1, 0.15) is 18.1 Å². The monoisotopic (exact) mass is 453 g/mol. The minimum Gasteiger partial charge on any atom is -0.490 e. The minimum absolute atomic E-state index is 0.110. The Labute approximate surface area is 189 Å². The molecular formula is C23H20ClN3O3S. The molecule has 0 radical (unpaired) electrons. The van der Waals surface area contributed by atoms with Crippen molar-refractivity contribution in [1.82, 2.24) is 4.90 Å². The highest BCUT2D eigenvalue weighted by atomic mass is 35.5. The van der Waals surface area contributed by atoms with E-state index in [-0.39, 0.29) is 11.4 Å². The van der Waals surface area contributed by atoms with Crippen LogP contribution in [0.2, 0.25) is 5.02 Å². The van der Waals surface area contributed by atoms with Crippen molar-refractivity contribution in [2.24, 2.45) is 4.99 Å². The number of halogens is 1. The molecule has 2 aromatic carbocycles. The molecule has 0 aliphatic carbocycles. The normalized spacial score (nSPS) is 16.9. The first-order chi connectivity index (χ1) is 14.9. The third kappa shape index (κ3) is 4.68. The van der Waals surface area contributed by atoms with Gasteiger partial charge in [0.15, 0.2) is 5.17 Å². The molecule has 0 fully saturated rings. The van der Waals surface area contributed by atoms with E-state index in [1.54, 1.807) is 29.2 Å². The van der Waals surface area contributed by atoms with Crippen LogP contribution in [-0.4, -0.2) is 35.0 Å². The predicted octanol–water partition coefficient (Wildman–Crippen LogP) is 5.27. The lowest BCUT2D eigenvalue weighted by atomic mass is 10.1. The number of fused-ring (bicyclic) bond motifs is 1. The van der Waals surface area contributed by atoms with Crippen LogP contribution >= 0.6 is 23.4 Å². The largest absolute Gasteiger partial charge is 0.490 e. The van der Waals surface area contributed by atoms with Crippen molar-refractivity contribution in [1.29, 1.82) is 5.41 Å². The Balaban J connectivity index is 1.41. The topological polar surface area (TPSA) is 75.0 Å². The number of nitrogens with one attached hydrogen (secondary N) is 1. The molecule has 158 valence electrons. The smallest absolute Gasteiger partial charge is 0.283 e. The first-order valence-corrected chi connectivity index (χ1v) is 10.9. The molecule has 2 heterocycles. The van der Waals surface area contributed by atoms with E-state index in [4.69, 9.17) is 26.5 Å². The van der Waals surface area contributed by atoms with Crippen LogP contribution in [0.5, 0.6) is 11.5 Å². The first kappa shape index (κ1) is 21.2. The second-order valence-electron chi connectivity index (χ2n) is 7.02. The van der Waals surface area contributed by atoms with Crippen LogP contribution in [0.25, 0.3) is 6.08 Å². The quantitative estimate of drug-likeness (QED) is 0.476. The van der Waals surface area contributed by atoms with E-state index in [2.05, 4.69) is 4.99 Å². The molecule has 1 N–H and O–H groups in total. The lowest BCUT2D eigenvalue weighted by molar-refractivity contribution is -0.114. The molecule has 2 aromatic rings. The van der Waals surface area contributed by atoms with Gasteiger partial charge in [-0.15, -0.1) is 0 Å². The molecular weight excluding hydrogens is 434 g/mol. The van der Waals surface area contributed by atoms with Crippen LogP contribution < -0.4 is 9.47 Å². The molecule has 1 amide bonds. The number of carbonyl (C=O) groups is 1. The van der Waals surface area contributed by atoms with Gasteiger partial charge < -0.3 is 9.47 Å². The Morgan fingerprint density at radius 2 is 1.97 bits per heavy atom. The molecule has 0 aromatic heterocycles. The second-order valence-corrected chi connectivity index (χ2v) is 8.27. The molecule has 2 aliphatic rings. The SMILES string of the molecule is CC1=CSC2=NC(=O)/C(=C\c3ccc(OCCOc4cccc(C)c4)c(Cl)c3)C(=N)N12. The minimum atomic E-state index is -0.434. The van der Waals surface area contributed by atoms with Gasteiger partial charge in [-0.2, -0.15) is 4.99 Å². The number of thioether (sulfide) groups is 1. The van der Waals surface area contributed by atoms with Crippen molar-refractivity contribution in [3.05, 3.63) is 75.3 Å². The number of amides is 1. The van der Waals surface area contributed by atoms with E-state index < -0.39 is 5.91 Å². The highest BCUT2D eigenvalue weighted by molar-refractivity contribution is 8.16. The van der Waals surface area contributed by atoms with Crippen molar-refractivity contribution in [2.75, 3.05) is 13.2 Å². The maximum Gasteiger partial charge on any atom is 0.283 e. The average molecular weight is 454 g/mol. The summed E-state index contributed by atoms with van der Waals surface area (Å²) in [5.74, 6) is 0.996. The Hall–Kier alpha value is -3.03. The molecule has 0 spiro atoms. The number of hydrogen-bond acceptors (Lipinski definition) is 5. The number of allylic oxidation sites excluding steroid dienone is 1. The Bertz CT molecular complexity index is 1160. The number of aliphatic imine (C=N–C) groups is 1. The molecule has 8 heteroatoms. The third-order valence-corrected chi connectivity index (χ3v) is 5.89. The number of nitrogens with zero attached hydrogens (tertiary/aromatic N) is 2. The summed E-state index contributed by atoms with van der Waals surface area (Å²) in [7, 11) is 0. The van der Waals surface area contributed by atoms with E-state index in [1.165, 1.54) is 11.8 Å². The predicted molar refractivity (Wildman–Crippen MR) is 125 cm³/mol. The molecule has 0 unspecified atom stereocenters. The standard InChI is InChI=1S/C23H20ClN3O3S/c1-14-4-3-5-17(10-14)29-8-9-30-20-7-6-16(12-19(20)24)11-18-21(25)27-15(2)13-31-23(27)26-22(18)28/h3-7,10-13,25H,8-9H2,1-2H3/b18-11-,25-21?. The van der Waals surface area contributed by atoms with E-state index in [0.29, 0.717) is 34.7 Å². The highest BCUT2D eigenvalue weighted by Gasteiger charge is 2.33. The maximum absolute atomic E-state index is 12.4. The van der Waals surface area contributed by atoms with Crippen molar-refractivity contribution in [3.63, 3.8) is 0 Å². The lowest BCUT2D eigenvalue weighted by Gasteiger charge is -2.25. The lowest BCUT2D eigenvalue weighted by Crippen LogP contribution is -2.37. The highest BCUT2D eigenvalue weighted by Crippen LogP contribution is 2.32. The fourth-order valence-electron chi connectivity index (χ4n) is 3.15. The van der Waals surface area contributed by atoms with Crippen molar-refractivity contribution in [2.45, 2.75) is 13.8 Å². The number of hydrogen-bond donors (Lipinski definition) is 1. The zero-order valence-corrected chi connectivity index (χ0v) is 18.6. The van der Waals surface area contributed by atoms with Gasteiger partial charge >= 0.3 is 0 Å². The maximum atomic E-state index is 12.4. The summed E-state index contributed by atoms with van der Waals surface area (Å²) in [6.07, 6.45) is 1.62. The summed E-state index contributed by atoms with van der Waals surface area (Å²) >= 11 is 7.71. The zero-order chi connectivity index (χ0) is 22.0. The van der Waals surface area contributed by atoms with Crippen LogP contribution in [0.4, 0.5) is 0 Å². The zero-order valence-electron chi connectivity index (χ0n) is 17.0. The van der Waals surface area contributed by atoms with Gasteiger partial charge in [-0.25, -0.2) is 0 Å². The van der Waals surface area contributed by atoms with Gasteiger partial charge in [0.05, 0.1) is 10.6 Å². The molecule has 0 atom stereocenters. The van der Waals surface area contributed by atoms with Crippen LogP contribution in [0.15, 0.2) is 64.1 Å². The second kappa shape index (κ2) is 8.99. The molecule has 0 bridgehead atoms. The van der Waals surface area contributed by atoms with Gasteiger partial charge in [0, 0.05) is 5.70 Å². The van der Waals surface area contributed by atoms with E-state index >= 15 is 0 Å². The Kier molecular flexibility index (Phi) is 6.15. The van der Waals surface area contributed by atoms with Gasteiger partial charge in [0.1, 0.15) is 30.5 Å². The van der Waals surface area contributed by atoms with E-state index in [0.717, 1.165) is 17.0 Å². The summed E-state index contributed by atoms with van der Waals surface area (Å²) < 4.78 is 11.4. The summed E-state index contributed by atoms with van der Waals surface area (Å²) in [6, 6.07) is 13.0. The molecule has 31 heavy (non-hydrogen) atoms. The molecule has 6 nitrogen and oxygen atoms in total. The van der Waals surface area contributed by atoms with Gasteiger partial charge in [0.2, 0.25) is 0 Å². The number of amidine groups is 2. The summed E-state index contributed by atoms with van der Waals surface area (Å²) in [5.41, 5.74) is 2.90. The molecule has 0 saturated carbocycles. The van der Waals surface area contributed by atoms with Crippen LogP contribution in [0, 0.1) is 12.3 Å². The summed E-state index contributed by atoms with van der Waals surface area (Å²) in [4.78, 5) is 18.1. The number of benzene rings is 2. The Morgan fingerprint density at radius 3 is 2.74 bits per heavy atom. The fourth-order valence-corrected chi connectivity index (χ4v) is 4.25. The number of aryl methyl sites for hydroxylation is 1. The van der Waals surface area contributed by atoms with Crippen molar-refractivity contribution < 1.29 is 14.3 Å². The van der Waals surface area contributed by atoms with Gasteiger partial charge in [0.25, 0.3) is 5.91 Å². The average Bonchev–Trinajstić information content (AvgIpc) is 3.10. The van der Waals surface area contributed by atoms with Gasteiger partial charge in [-0.05, 0) is 60.7 Å². The van der Waals surface area contributed by atoms with E-state index in [9.17, 15) is 4.79 Å². The number of ether oxygens (including phenoxy) is 2. The van der Waals surface area contributed by atoms with Crippen LogP contribution in [0.3, 0.4) is 0 Å². The van der Waals surface area contributed by atoms with E-state index in [1.807, 2.05) is 43.5 Å². The summed E-state index contributed by atoms with van der Waals surface area (Å²) in [6.45, 7) is 4.62. The van der Waals surface area contributed by atoms with Crippen molar-refractivity contribution >= 4 is 46.3 Å². The molecule has 0 saturated heterocycles. The summed E-state index contributed by atoms with van der Waals surface area (Å²) in [5, 5.41) is 11.2. The van der Waals surface area contributed by atoms with Gasteiger partial charge in [-0.1, -0.05) is 41.6 Å². The number of carbonyl (C=O) groups excluding carboxylic acids is 1. The Morgan fingerprint density at radius 1 is 1.16 bits per heavy atom.